The maximum absolute atomic E-state index is 12.9. The fourth-order valence-corrected chi connectivity index (χ4v) is 3.60. The number of amides is 2. The third kappa shape index (κ3) is 3.47. The lowest BCUT2D eigenvalue weighted by molar-refractivity contribution is 0.00919. The Morgan fingerprint density at radius 1 is 1.26 bits per heavy atom. The van der Waals surface area contributed by atoms with Crippen molar-refractivity contribution in [1.29, 1.82) is 0 Å². The van der Waals surface area contributed by atoms with E-state index < -0.39 is 11.8 Å². The summed E-state index contributed by atoms with van der Waals surface area (Å²) in [6, 6.07) is 9.26. The van der Waals surface area contributed by atoms with Crippen LogP contribution in [0.15, 0.2) is 42.7 Å². The van der Waals surface area contributed by atoms with Crippen LogP contribution in [0.2, 0.25) is 0 Å². The number of hydrogen-bond acceptors (Lipinski definition) is 5. The molecule has 2 aliphatic rings. The summed E-state index contributed by atoms with van der Waals surface area (Å²) >= 11 is 0. The Bertz CT molecular complexity index is 827. The van der Waals surface area contributed by atoms with Crippen LogP contribution in [0, 0.1) is 0 Å². The molecule has 27 heavy (non-hydrogen) atoms. The third-order valence-electron chi connectivity index (χ3n) is 5.23. The number of imidazole rings is 1. The highest BCUT2D eigenvalue weighted by molar-refractivity contribution is 5.75. The predicted molar refractivity (Wildman–Crippen MR) is 96.0 cm³/mol. The molecule has 142 valence electrons. The van der Waals surface area contributed by atoms with Crippen molar-refractivity contribution in [1.82, 2.24) is 19.8 Å². The summed E-state index contributed by atoms with van der Waals surface area (Å²) in [5.74, 6) is 0.765. The van der Waals surface area contributed by atoms with Crippen LogP contribution in [0.25, 0.3) is 0 Å². The molecule has 0 saturated carbocycles. The van der Waals surface area contributed by atoms with Crippen molar-refractivity contribution in [2.45, 2.75) is 24.5 Å². The van der Waals surface area contributed by atoms with Crippen molar-refractivity contribution < 1.29 is 19.1 Å². The van der Waals surface area contributed by atoms with E-state index in [1.807, 2.05) is 48.1 Å². The number of urea groups is 1. The molecule has 1 aromatic carbocycles. The predicted octanol–water partition coefficient (Wildman–Crippen LogP) is 2.22. The third-order valence-corrected chi connectivity index (χ3v) is 5.23. The number of hydrogen-bond donors (Lipinski definition) is 1. The summed E-state index contributed by atoms with van der Waals surface area (Å²) in [6.45, 7) is 1.27. The Labute approximate surface area is 157 Å². The molecule has 0 unspecified atom stereocenters. The van der Waals surface area contributed by atoms with Gasteiger partial charge in [-0.25, -0.2) is 14.6 Å². The summed E-state index contributed by atoms with van der Waals surface area (Å²) in [7, 11) is 1.91. The second-order valence-corrected chi connectivity index (χ2v) is 7.00. The van der Waals surface area contributed by atoms with Gasteiger partial charge in [-0.15, -0.1) is 0 Å². The van der Waals surface area contributed by atoms with Gasteiger partial charge >= 0.3 is 12.2 Å². The van der Waals surface area contributed by atoms with Gasteiger partial charge in [-0.3, -0.25) is 0 Å². The molecule has 0 aliphatic carbocycles. The van der Waals surface area contributed by atoms with Gasteiger partial charge in [0.05, 0.1) is 0 Å². The maximum Gasteiger partial charge on any atom is 0.509 e. The molecule has 1 aromatic heterocycles. The molecule has 0 radical (unpaired) electrons. The number of rotatable bonds is 3. The molecule has 1 spiro atoms. The van der Waals surface area contributed by atoms with Crippen molar-refractivity contribution in [3.05, 3.63) is 54.1 Å². The van der Waals surface area contributed by atoms with E-state index in [0.29, 0.717) is 25.9 Å². The molecule has 3 heterocycles. The van der Waals surface area contributed by atoms with Crippen LogP contribution in [0.5, 0.6) is 0 Å². The van der Waals surface area contributed by atoms with Crippen LogP contribution in [-0.2, 0) is 16.5 Å². The first-order chi connectivity index (χ1) is 13.1. The van der Waals surface area contributed by atoms with E-state index in [1.54, 1.807) is 11.1 Å². The summed E-state index contributed by atoms with van der Waals surface area (Å²) in [5, 5.41) is 3.10. The van der Waals surface area contributed by atoms with E-state index in [-0.39, 0.29) is 18.7 Å². The lowest BCUT2D eigenvalue weighted by Crippen LogP contribution is -2.51. The first-order valence-electron chi connectivity index (χ1n) is 9.00. The van der Waals surface area contributed by atoms with Crippen molar-refractivity contribution in [2.75, 3.05) is 19.7 Å². The van der Waals surface area contributed by atoms with Crippen LogP contribution in [0.1, 0.15) is 30.3 Å². The average molecular weight is 370 g/mol. The molecule has 2 amide bonds. The van der Waals surface area contributed by atoms with Crippen molar-refractivity contribution >= 4 is 12.2 Å². The van der Waals surface area contributed by atoms with Gasteiger partial charge in [0.15, 0.2) is 5.60 Å². The maximum atomic E-state index is 12.9. The highest BCUT2D eigenvalue weighted by Crippen LogP contribution is 2.32. The summed E-state index contributed by atoms with van der Waals surface area (Å²) in [6.07, 6.45) is 4.11. The van der Waals surface area contributed by atoms with Gasteiger partial charge in [0.25, 0.3) is 0 Å². The minimum absolute atomic E-state index is 0.160. The van der Waals surface area contributed by atoms with Gasteiger partial charge < -0.3 is 24.3 Å². The molecule has 2 fully saturated rings. The quantitative estimate of drug-likeness (QED) is 0.838. The number of benzene rings is 1. The molecule has 2 saturated heterocycles. The smallest absolute Gasteiger partial charge is 0.430 e. The van der Waals surface area contributed by atoms with Crippen LogP contribution in [0.4, 0.5) is 9.59 Å². The fourth-order valence-electron chi connectivity index (χ4n) is 3.60. The van der Waals surface area contributed by atoms with E-state index >= 15 is 0 Å². The Balaban J connectivity index is 1.47. The number of carbonyl (C=O) groups excluding carboxylic acids is 2. The molecule has 2 aromatic rings. The number of aryl methyl sites for hydroxylation is 1. The second kappa shape index (κ2) is 6.94. The van der Waals surface area contributed by atoms with Gasteiger partial charge in [-0.1, -0.05) is 30.3 Å². The van der Waals surface area contributed by atoms with Gasteiger partial charge in [0, 0.05) is 45.4 Å². The van der Waals surface area contributed by atoms with Crippen LogP contribution >= 0.6 is 0 Å². The summed E-state index contributed by atoms with van der Waals surface area (Å²) in [5.41, 5.74) is 0.388. The van der Waals surface area contributed by atoms with Gasteiger partial charge in [0.2, 0.25) is 0 Å². The van der Waals surface area contributed by atoms with Crippen LogP contribution in [0.3, 0.4) is 0 Å². The Morgan fingerprint density at radius 3 is 2.59 bits per heavy atom. The first-order valence-corrected chi connectivity index (χ1v) is 9.00. The van der Waals surface area contributed by atoms with E-state index in [9.17, 15) is 9.59 Å². The van der Waals surface area contributed by atoms with Crippen LogP contribution in [-0.4, -0.2) is 51.9 Å². The monoisotopic (exact) mass is 370 g/mol. The fraction of sp³-hybridized carbons (Fsp3) is 0.421. The van der Waals surface area contributed by atoms with Gasteiger partial charge in [-0.2, -0.15) is 0 Å². The Kier molecular flexibility index (Phi) is 4.47. The number of piperidine rings is 1. The van der Waals surface area contributed by atoms with E-state index in [4.69, 9.17) is 9.47 Å². The summed E-state index contributed by atoms with van der Waals surface area (Å²) in [4.78, 5) is 30.3. The van der Waals surface area contributed by atoms with E-state index in [2.05, 4.69) is 10.3 Å². The molecule has 1 N–H and O–H groups in total. The summed E-state index contributed by atoms with van der Waals surface area (Å²) < 4.78 is 12.1. The van der Waals surface area contributed by atoms with Crippen LogP contribution < -0.4 is 5.32 Å². The number of ether oxygens (including phenoxy) is 2. The largest absolute Gasteiger partial charge is 0.509 e. The van der Waals surface area contributed by atoms with Crippen molar-refractivity contribution in [3.63, 3.8) is 0 Å². The molecule has 2 aliphatic heterocycles. The molecule has 8 heteroatoms. The van der Waals surface area contributed by atoms with Gasteiger partial charge in [0.1, 0.15) is 18.5 Å². The number of aromatic nitrogens is 2. The van der Waals surface area contributed by atoms with Crippen molar-refractivity contribution in [2.24, 2.45) is 7.05 Å². The number of cyclic esters (lactones) is 1. The number of carbonyl (C=O) groups is 2. The normalized spacial score (nSPS) is 19.4. The molecular weight excluding hydrogens is 348 g/mol. The van der Waals surface area contributed by atoms with E-state index in [1.165, 1.54) is 0 Å². The second-order valence-electron chi connectivity index (χ2n) is 7.00. The Hall–Kier alpha value is -3.03. The average Bonchev–Trinajstić information content (AvgIpc) is 3.26. The lowest BCUT2D eigenvalue weighted by Gasteiger charge is -2.36. The zero-order valence-electron chi connectivity index (χ0n) is 15.1. The Morgan fingerprint density at radius 2 is 2.00 bits per heavy atom. The zero-order valence-corrected chi connectivity index (χ0v) is 15.1. The number of nitrogens with zero attached hydrogens (tertiary/aromatic N) is 3. The van der Waals surface area contributed by atoms with Crippen molar-refractivity contribution in [3.8, 4) is 0 Å². The number of nitrogens with one attached hydrogen (secondary N) is 1. The first kappa shape index (κ1) is 17.4. The highest BCUT2D eigenvalue weighted by atomic mass is 16.8. The topological polar surface area (TPSA) is 85.7 Å². The molecule has 1 atom stereocenters. The molecule has 8 nitrogen and oxygen atoms in total. The minimum Gasteiger partial charge on any atom is -0.430 e. The zero-order chi connectivity index (χ0) is 18.9. The standard InChI is InChI=1S/C19H22N4O4/c1-22-12-9-20-16(22)15(14-5-3-2-4-6-14)21-17(24)23-10-7-19(8-11-23)13-26-18(25)27-19/h2-6,9,12,15H,7-8,10-11,13H2,1H3,(H,21,24)/t15-/m0/s1. The molecular formula is C19H22N4O4. The lowest BCUT2D eigenvalue weighted by atomic mass is 9.92. The molecule has 4 rings (SSSR count). The number of likely N-dealkylation sites (tertiary alicyclic amines) is 1. The van der Waals surface area contributed by atoms with Gasteiger partial charge in [-0.05, 0) is 5.56 Å². The SMILES string of the molecule is Cn1ccnc1[C@@H](NC(=O)N1CCC2(CC1)COC(=O)O2)c1ccccc1. The minimum atomic E-state index is -0.619. The molecule has 0 bridgehead atoms. The highest BCUT2D eigenvalue weighted by Gasteiger charge is 2.45. The van der Waals surface area contributed by atoms with E-state index in [0.717, 1.165) is 11.4 Å².